The van der Waals surface area contributed by atoms with Gasteiger partial charge in [-0.1, -0.05) is 0 Å². The van der Waals surface area contributed by atoms with Crippen LogP contribution < -0.4 is 5.32 Å². The highest BCUT2D eigenvalue weighted by Crippen LogP contribution is 2.15. The smallest absolute Gasteiger partial charge is 0.272 e. The fourth-order valence-electron chi connectivity index (χ4n) is 3.25. The number of carbonyl (C=O) groups is 2. The van der Waals surface area contributed by atoms with Crippen molar-refractivity contribution in [3.8, 4) is 0 Å². The predicted molar refractivity (Wildman–Crippen MR) is 92.4 cm³/mol. The topological polar surface area (TPSA) is 96.3 Å². The van der Waals surface area contributed by atoms with E-state index in [0.29, 0.717) is 24.6 Å². The Balaban J connectivity index is 1.43. The first kappa shape index (κ1) is 16.6. The lowest BCUT2D eigenvalue weighted by Gasteiger charge is -2.23. The van der Waals surface area contributed by atoms with E-state index in [1.807, 2.05) is 6.20 Å². The SMILES string of the molecule is CN1CCc2nc(CNC(=O)c3cc4n(n3)CCN(C)C4=O)ncc2C1. The molecule has 9 heteroatoms. The van der Waals surface area contributed by atoms with Crippen LogP contribution in [0, 0.1) is 0 Å². The molecule has 0 aliphatic carbocycles. The summed E-state index contributed by atoms with van der Waals surface area (Å²) in [6, 6.07) is 1.54. The number of hydrogen-bond donors (Lipinski definition) is 1. The lowest BCUT2D eigenvalue weighted by atomic mass is 10.1. The van der Waals surface area contributed by atoms with Gasteiger partial charge in [0.05, 0.1) is 13.1 Å². The molecule has 2 aromatic rings. The Morgan fingerprint density at radius 2 is 2.12 bits per heavy atom. The van der Waals surface area contributed by atoms with Crippen molar-refractivity contribution in [2.75, 3.05) is 27.2 Å². The van der Waals surface area contributed by atoms with Gasteiger partial charge in [0.25, 0.3) is 11.8 Å². The van der Waals surface area contributed by atoms with E-state index in [9.17, 15) is 9.59 Å². The van der Waals surface area contributed by atoms with Crippen LogP contribution in [0.1, 0.15) is 38.1 Å². The van der Waals surface area contributed by atoms with Crippen LogP contribution in [0.2, 0.25) is 0 Å². The number of hydrogen-bond acceptors (Lipinski definition) is 6. The highest BCUT2D eigenvalue weighted by Gasteiger charge is 2.25. The molecule has 0 aromatic carbocycles. The van der Waals surface area contributed by atoms with E-state index in [2.05, 4.69) is 32.3 Å². The molecule has 0 bridgehead atoms. The zero-order valence-electron chi connectivity index (χ0n) is 14.9. The molecule has 0 atom stereocenters. The van der Waals surface area contributed by atoms with Gasteiger partial charge >= 0.3 is 0 Å². The third-order valence-electron chi connectivity index (χ3n) is 4.81. The Hall–Kier alpha value is -2.81. The molecule has 0 radical (unpaired) electrons. The maximum absolute atomic E-state index is 12.4. The number of fused-ring (bicyclic) bond motifs is 2. The molecule has 0 unspecified atom stereocenters. The van der Waals surface area contributed by atoms with Gasteiger partial charge in [-0.05, 0) is 7.05 Å². The van der Waals surface area contributed by atoms with E-state index in [1.54, 1.807) is 16.6 Å². The molecule has 2 amide bonds. The zero-order valence-corrected chi connectivity index (χ0v) is 14.9. The number of likely N-dealkylation sites (N-methyl/N-ethyl adjacent to an activating group) is 2. The van der Waals surface area contributed by atoms with Crippen LogP contribution in [-0.4, -0.2) is 68.5 Å². The van der Waals surface area contributed by atoms with Gasteiger partial charge in [-0.25, -0.2) is 9.97 Å². The third kappa shape index (κ3) is 3.05. The Morgan fingerprint density at radius 1 is 1.27 bits per heavy atom. The first-order valence-corrected chi connectivity index (χ1v) is 8.65. The Bertz CT molecular complexity index is 876. The van der Waals surface area contributed by atoms with Gasteiger partial charge in [-0.3, -0.25) is 14.3 Å². The fraction of sp³-hybridized carbons (Fsp3) is 0.471. The Morgan fingerprint density at radius 3 is 2.96 bits per heavy atom. The van der Waals surface area contributed by atoms with E-state index in [-0.39, 0.29) is 24.1 Å². The summed E-state index contributed by atoms with van der Waals surface area (Å²) in [6.45, 7) is 3.24. The van der Waals surface area contributed by atoms with Crippen molar-refractivity contribution in [1.82, 2.24) is 34.9 Å². The van der Waals surface area contributed by atoms with Gasteiger partial charge in [0.15, 0.2) is 5.69 Å². The van der Waals surface area contributed by atoms with E-state index in [0.717, 1.165) is 30.8 Å². The second-order valence-corrected chi connectivity index (χ2v) is 6.79. The predicted octanol–water partition coefficient (Wildman–Crippen LogP) is -0.323. The normalized spacial score (nSPS) is 17.0. The molecule has 26 heavy (non-hydrogen) atoms. The van der Waals surface area contributed by atoms with E-state index >= 15 is 0 Å². The average Bonchev–Trinajstić information content (AvgIpc) is 3.08. The molecule has 0 saturated heterocycles. The van der Waals surface area contributed by atoms with Gasteiger partial charge in [-0.15, -0.1) is 0 Å². The number of aromatic nitrogens is 4. The zero-order chi connectivity index (χ0) is 18.3. The molecule has 2 aromatic heterocycles. The van der Waals surface area contributed by atoms with Gasteiger partial charge in [0.1, 0.15) is 11.5 Å². The quantitative estimate of drug-likeness (QED) is 0.810. The minimum absolute atomic E-state index is 0.120. The minimum Gasteiger partial charge on any atom is -0.343 e. The van der Waals surface area contributed by atoms with Crippen molar-refractivity contribution in [3.63, 3.8) is 0 Å². The second kappa shape index (κ2) is 6.49. The summed E-state index contributed by atoms with van der Waals surface area (Å²) in [5.74, 6) is 0.135. The van der Waals surface area contributed by atoms with Gasteiger partial charge < -0.3 is 15.1 Å². The van der Waals surface area contributed by atoms with Gasteiger partial charge in [-0.2, -0.15) is 5.10 Å². The lowest BCUT2D eigenvalue weighted by molar-refractivity contribution is 0.0742. The lowest BCUT2D eigenvalue weighted by Crippen LogP contribution is -2.37. The average molecular weight is 355 g/mol. The maximum atomic E-state index is 12.4. The summed E-state index contributed by atoms with van der Waals surface area (Å²) in [5.41, 5.74) is 2.87. The summed E-state index contributed by atoms with van der Waals surface area (Å²) in [5, 5.41) is 7.03. The van der Waals surface area contributed by atoms with E-state index in [1.165, 1.54) is 6.07 Å². The monoisotopic (exact) mass is 355 g/mol. The van der Waals surface area contributed by atoms with Crippen LogP contribution >= 0.6 is 0 Å². The van der Waals surface area contributed by atoms with Crippen molar-refractivity contribution in [1.29, 1.82) is 0 Å². The number of nitrogens with zero attached hydrogens (tertiary/aromatic N) is 6. The van der Waals surface area contributed by atoms with Gasteiger partial charge in [0.2, 0.25) is 0 Å². The molecular formula is C17H21N7O2. The molecule has 4 rings (SSSR count). The molecule has 2 aliphatic heterocycles. The van der Waals surface area contributed by atoms with Crippen molar-refractivity contribution >= 4 is 11.8 Å². The largest absolute Gasteiger partial charge is 0.343 e. The van der Waals surface area contributed by atoms with Gasteiger partial charge in [0, 0.05) is 56.6 Å². The molecule has 136 valence electrons. The second-order valence-electron chi connectivity index (χ2n) is 6.79. The van der Waals surface area contributed by atoms with Crippen molar-refractivity contribution in [2.45, 2.75) is 26.1 Å². The first-order valence-electron chi connectivity index (χ1n) is 8.65. The maximum Gasteiger partial charge on any atom is 0.272 e. The van der Waals surface area contributed by atoms with Crippen LogP contribution in [0.5, 0.6) is 0 Å². The standard InChI is InChI=1S/C17H21N7O2/c1-22-4-3-12-11(10-22)8-18-15(20-12)9-19-16(25)13-7-14-17(26)23(2)5-6-24(14)21-13/h7-8H,3-6,9-10H2,1-2H3,(H,19,25). The summed E-state index contributed by atoms with van der Waals surface area (Å²) in [7, 11) is 3.81. The van der Waals surface area contributed by atoms with Crippen LogP contribution in [0.4, 0.5) is 0 Å². The molecule has 0 saturated carbocycles. The molecule has 1 N–H and O–H groups in total. The first-order chi connectivity index (χ1) is 12.5. The molecule has 2 aliphatic rings. The van der Waals surface area contributed by atoms with Crippen molar-refractivity contribution < 1.29 is 9.59 Å². The minimum atomic E-state index is -0.330. The number of nitrogens with one attached hydrogen (secondary N) is 1. The van der Waals surface area contributed by atoms with Crippen molar-refractivity contribution in [2.24, 2.45) is 0 Å². The number of carbonyl (C=O) groups excluding carboxylic acids is 2. The highest BCUT2D eigenvalue weighted by atomic mass is 16.2. The highest BCUT2D eigenvalue weighted by molar-refractivity contribution is 5.98. The fourth-order valence-corrected chi connectivity index (χ4v) is 3.25. The molecule has 0 fully saturated rings. The molecule has 9 nitrogen and oxygen atoms in total. The molecular weight excluding hydrogens is 334 g/mol. The number of rotatable bonds is 3. The summed E-state index contributed by atoms with van der Waals surface area (Å²) < 4.78 is 1.59. The summed E-state index contributed by atoms with van der Waals surface area (Å²) >= 11 is 0. The van der Waals surface area contributed by atoms with E-state index < -0.39 is 0 Å². The third-order valence-corrected chi connectivity index (χ3v) is 4.81. The van der Waals surface area contributed by atoms with E-state index in [4.69, 9.17) is 0 Å². The van der Waals surface area contributed by atoms with Crippen LogP contribution in [-0.2, 0) is 26.1 Å². The van der Waals surface area contributed by atoms with Crippen LogP contribution in [0.3, 0.4) is 0 Å². The Labute approximate surface area is 151 Å². The summed E-state index contributed by atoms with van der Waals surface area (Å²) in [4.78, 5) is 37.2. The summed E-state index contributed by atoms with van der Waals surface area (Å²) in [6.07, 6.45) is 2.72. The van der Waals surface area contributed by atoms with Crippen molar-refractivity contribution in [3.05, 3.63) is 40.7 Å². The molecule has 0 spiro atoms. The molecule has 4 heterocycles. The van der Waals surface area contributed by atoms with Crippen LogP contribution in [0.15, 0.2) is 12.3 Å². The number of amides is 2. The Kier molecular flexibility index (Phi) is 4.15. The van der Waals surface area contributed by atoms with Crippen LogP contribution in [0.25, 0.3) is 0 Å².